The van der Waals surface area contributed by atoms with E-state index in [1.54, 1.807) is 19.3 Å². The second kappa shape index (κ2) is 8.64. The molecular weight excluding hydrogens is 392 g/mol. The van der Waals surface area contributed by atoms with Gasteiger partial charge in [-0.05, 0) is 36.3 Å². The van der Waals surface area contributed by atoms with E-state index >= 15 is 0 Å². The zero-order valence-electron chi connectivity index (χ0n) is 17.5. The van der Waals surface area contributed by atoms with Gasteiger partial charge in [0.2, 0.25) is 0 Å². The molecule has 0 spiro atoms. The number of benzene rings is 2. The summed E-state index contributed by atoms with van der Waals surface area (Å²) < 4.78 is 29.1. The monoisotopic (exact) mass is 415 g/mol. The van der Waals surface area contributed by atoms with E-state index in [1.807, 2.05) is 49.4 Å². The van der Waals surface area contributed by atoms with Gasteiger partial charge in [-0.1, -0.05) is 49.1 Å². The summed E-state index contributed by atoms with van der Waals surface area (Å²) in [5.41, 5.74) is 5.09. The molecule has 5 heteroatoms. The number of halogens is 2. The van der Waals surface area contributed by atoms with Crippen LogP contribution in [0.2, 0.25) is 0 Å². The lowest BCUT2D eigenvalue weighted by Crippen LogP contribution is -2.09. The SMILES string of the molecule is C=C(Cc1ccccc1)N=C(C)C1=C2C=NC(c3c(F)ccc(NC)c3F)=CC2C=C1. The Bertz CT molecular complexity index is 1180. The smallest absolute Gasteiger partial charge is 0.158 e. The molecule has 2 aromatic carbocycles. The van der Waals surface area contributed by atoms with Gasteiger partial charge in [-0.25, -0.2) is 8.78 Å². The third-order valence-electron chi connectivity index (χ3n) is 5.40. The average Bonchev–Trinajstić information content (AvgIpc) is 3.18. The molecular formula is C26H23F2N3. The fourth-order valence-corrected chi connectivity index (χ4v) is 3.86. The summed E-state index contributed by atoms with van der Waals surface area (Å²) in [6.45, 7) is 6.02. The molecule has 0 fully saturated rings. The van der Waals surface area contributed by atoms with Crippen LogP contribution < -0.4 is 5.32 Å². The summed E-state index contributed by atoms with van der Waals surface area (Å²) in [5, 5.41) is 2.74. The van der Waals surface area contributed by atoms with Gasteiger partial charge in [0.25, 0.3) is 0 Å². The van der Waals surface area contributed by atoms with E-state index in [1.165, 1.54) is 12.1 Å². The van der Waals surface area contributed by atoms with Crippen molar-refractivity contribution in [1.82, 2.24) is 0 Å². The molecule has 3 nitrogen and oxygen atoms in total. The van der Waals surface area contributed by atoms with Crippen molar-refractivity contribution in [1.29, 1.82) is 0 Å². The number of hydrogen-bond acceptors (Lipinski definition) is 3. The predicted octanol–water partition coefficient (Wildman–Crippen LogP) is 6.13. The lowest BCUT2D eigenvalue weighted by Gasteiger charge is -2.17. The molecule has 1 aliphatic carbocycles. The summed E-state index contributed by atoms with van der Waals surface area (Å²) in [6.07, 6.45) is 8.11. The van der Waals surface area contributed by atoms with Gasteiger partial charge < -0.3 is 5.32 Å². The fraction of sp³-hybridized carbons (Fsp3) is 0.154. The van der Waals surface area contributed by atoms with Crippen molar-refractivity contribution in [2.24, 2.45) is 15.9 Å². The van der Waals surface area contributed by atoms with Crippen LogP contribution in [0.5, 0.6) is 0 Å². The zero-order valence-corrected chi connectivity index (χ0v) is 17.5. The van der Waals surface area contributed by atoms with Gasteiger partial charge in [-0.2, -0.15) is 0 Å². The number of rotatable bonds is 6. The molecule has 2 aromatic rings. The van der Waals surface area contributed by atoms with E-state index in [0.29, 0.717) is 6.42 Å². The van der Waals surface area contributed by atoms with Gasteiger partial charge in [0.1, 0.15) is 5.82 Å². The Balaban J connectivity index is 1.59. The van der Waals surface area contributed by atoms with Crippen LogP contribution in [-0.4, -0.2) is 19.0 Å². The molecule has 156 valence electrons. The number of anilines is 1. The molecule has 1 atom stereocenters. The van der Waals surface area contributed by atoms with Gasteiger partial charge in [-0.3, -0.25) is 9.98 Å². The average molecular weight is 415 g/mol. The molecule has 31 heavy (non-hydrogen) atoms. The summed E-state index contributed by atoms with van der Waals surface area (Å²) in [4.78, 5) is 9.05. The Morgan fingerprint density at radius 3 is 2.68 bits per heavy atom. The van der Waals surface area contributed by atoms with Crippen LogP contribution in [-0.2, 0) is 6.42 Å². The molecule has 0 bridgehead atoms. The van der Waals surface area contributed by atoms with Crippen molar-refractivity contribution in [2.75, 3.05) is 12.4 Å². The highest BCUT2D eigenvalue weighted by atomic mass is 19.1. The second-order valence-electron chi connectivity index (χ2n) is 7.52. The molecule has 1 N–H and O–H groups in total. The molecule has 2 aliphatic rings. The zero-order chi connectivity index (χ0) is 22.0. The van der Waals surface area contributed by atoms with Crippen molar-refractivity contribution in [3.8, 4) is 0 Å². The van der Waals surface area contributed by atoms with E-state index in [4.69, 9.17) is 0 Å². The van der Waals surface area contributed by atoms with Crippen LogP contribution in [0.4, 0.5) is 14.5 Å². The summed E-state index contributed by atoms with van der Waals surface area (Å²) in [5.74, 6) is -1.38. The highest BCUT2D eigenvalue weighted by molar-refractivity contribution is 6.09. The van der Waals surface area contributed by atoms with E-state index in [9.17, 15) is 8.78 Å². The molecule has 0 saturated carbocycles. The Hall–Kier alpha value is -3.60. The summed E-state index contributed by atoms with van der Waals surface area (Å²) in [6, 6.07) is 12.7. The topological polar surface area (TPSA) is 36.8 Å². The van der Waals surface area contributed by atoms with Gasteiger partial charge >= 0.3 is 0 Å². The number of aliphatic imine (C=N–C) groups is 2. The minimum absolute atomic E-state index is 0.105. The predicted molar refractivity (Wildman–Crippen MR) is 124 cm³/mol. The maximum Gasteiger partial charge on any atom is 0.158 e. The van der Waals surface area contributed by atoms with E-state index in [0.717, 1.165) is 28.1 Å². The van der Waals surface area contributed by atoms with Crippen molar-refractivity contribution >= 4 is 23.3 Å². The first-order valence-electron chi connectivity index (χ1n) is 10.1. The highest BCUT2D eigenvalue weighted by Gasteiger charge is 2.26. The lowest BCUT2D eigenvalue weighted by atomic mass is 9.94. The first kappa shape index (κ1) is 20.7. The van der Waals surface area contributed by atoms with Crippen LogP contribution in [0.3, 0.4) is 0 Å². The highest BCUT2D eigenvalue weighted by Crippen LogP contribution is 2.36. The van der Waals surface area contributed by atoms with Gasteiger partial charge in [0.05, 0.1) is 16.9 Å². The maximum atomic E-state index is 14.7. The Kier molecular flexibility index (Phi) is 5.76. The molecule has 1 heterocycles. The normalized spacial score (nSPS) is 17.6. The Morgan fingerprint density at radius 1 is 1.16 bits per heavy atom. The van der Waals surface area contributed by atoms with Crippen LogP contribution in [0.15, 0.2) is 94.1 Å². The van der Waals surface area contributed by atoms with Crippen LogP contribution >= 0.6 is 0 Å². The number of fused-ring (bicyclic) bond motifs is 1. The van der Waals surface area contributed by atoms with E-state index in [-0.39, 0.29) is 22.9 Å². The maximum absolute atomic E-state index is 14.7. The molecule has 0 aromatic heterocycles. The standard InChI is InChI=1S/C26H23F2N3/c1-16(13-18-7-5-4-6-8-18)31-17(2)20-10-9-19-14-24(30-15-21(19)20)25-22(27)11-12-23(29-3)26(25)28/h4-12,14-15,19,29H,1,13H2,2-3H3. The largest absolute Gasteiger partial charge is 0.386 e. The number of nitrogens with zero attached hydrogens (tertiary/aromatic N) is 2. The van der Waals surface area contributed by atoms with Crippen LogP contribution in [0.1, 0.15) is 18.1 Å². The summed E-state index contributed by atoms with van der Waals surface area (Å²) in [7, 11) is 1.60. The molecule has 0 saturated heterocycles. The summed E-state index contributed by atoms with van der Waals surface area (Å²) >= 11 is 0. The molecule has 0 amide bonds. The third-order valence-corrected chi connectivity index (χ3v) is 5.40. The quantitative estimate of drug-likeness (QED) is 0.566. The Labute approximate surface area is 180 Å². The van der Waals surface area contributed by atoms with Crippen LogP contribution in [0, 0.1) is 17.6 Å². The first-order valence-corrected chi connectivity index (χ1v) is 10.1. The van der Waals surface area contributed by atoms with Crippen LogP contribution in [0.25, 0.3) is 5.70 Å². The van der Waals surface area contributed by atoms with E-state index < -0.39 is 11.6 Å². The van der Waals surface area contributed by atoms with Gasteiger partial charge in [0, 0.05) is 42.6 Å². The molecule has 4 rings (SSSR count). The van der Waals surface area contributed by atoms with Crippen molar-refractivity contribution in [2.45, 2.75) is 13.3 Å². The number of hydrogen-bond donors (Lipinski definition) is 1. The minimum Gasteiger partial charge on any atom is -0.386 e. The molecule has 1 aliphatic heterocycles. The van der Waals surface area contributed by atoms with Gasteiger partial charge in [0.15, 0.2) is 5.82 Å². The number of nitrogens with one attached hydrogen (secondary N) is 1. The number of allylic oxidation sites excluding steroid dienone is 6. The van der Waals surface area contributed by atoms with E-state index in [2.05, 4.69) is 21.9 Å². The second-order valence-corrected chi connectivity index (χ2v) is 7.52. The minimum atomic E-state index is -0.643. The fourth-order valence-electron chi connectivity index (χ4n) is 3.86. The third kappa shape index (κ3) is 4.17. The Morgan fingerprint density at radius 2 is 1.94 bits per heavy atom. The lowest BCUT2D eigenvalue weighted by molar-refractivity contribution is 0.578. The van der Waals surface area contributed by atoms with Crippen molar-refractivity contribution in [3.63, 3.8) is 0 Å². The van der Waals surface area contributed by atoms with Crippen molar-refractivity contribution < 1.29 is 8.78 Å². The molecule has 1 unspecified atom stereocenters. The first-order chi connectivity index (χ1) is 15.0. The molecule has 0 radical (unpaired) electrons. The van der Waals surface area contributed by atoms with Crippen molar-refractivity contribution in [3.05, 3.63) is 107 Å². The van der Waals surface area contributed by atoms with Gasteiger partial charge in [-0.15, -0.1) is 0 Å².